The molecule has 29 heavy (non-hydrogen) atoms. The van der Waals surface area contributed by atoms with Gasteiger partial charge in [0.1, 0.15) is 5.82 Å². The van der Waals surface area contributed by atoms with Gasteiger partial charge in [0.2, 0.25) is 5.91 Å². The van der Waals surface area contributed by atoms with Crippen LogP contribution in [0.5, 0.6) is 0 Å². The second-order valence-electron chi connectivity index (χ2n) is 7.06. The zero-order chi connectivity index (χ0) is 20.0. The van der Waals surface area contributed by atoms with E-state index in [1.807, 2.05) is 0 Å². The van der Waals surface area contributed by atoms with Crippen LogP contribution < -0.4 is 16.0 Å². The number of hydrogen-bond donors (Lipinski definition) is 3. The molecule has 0 saturated heterocycles. The molecule has 1 aromatic carbocycles. The Balaban J connectivity index is 0.00000420. The summed E-state index contributed by atoms with van der Waals surface area (Å²) < 4.78 is 18.8. The fourth-order valence-electron chi connectivity index (χ4n) is 3.26. The second-order valence-corrected chi connectivity index (χ2v) is 7.06. The van der Waals surface area contributed by atoms with Gasteiger partial charge < -0.3 is 20.7 Å². The SMILES string of the molecule is CN=C(NCCNC(=O)Cc1ccc(F)cc1)NCCOC1CCCCCC1.I. The molecule has 1 aromatic rings. The summed E-state index contributed by atoms with van der Waals surface area (Å²) in [5, 5.41) is 9.23. The third kappa shape index (κ3) is 11.4. The van der Waals surface area contributed by atoms with Crippen molar-refractivity contribution in [2.24, 2.45) is 4.99 Å². The van der Waals surface area contributed by atoms with E-state index in [1.165, 1.54) is 50.7 Å². The predicted molar refractivity (Wildman–Crippen MR) is 125 cm³/mol. The van der Waals surface area contributed by atoms with E-state index in [4.69, 9.17) is 4.74 Å². The first-order chi connectivity index (χ1) is 13.7. The summed E-state index contributed by atoms with van der Waals surface area (Å²) in [6, 6.07) is 5.96. The molecular weight excluding hydrogens is 486 g/mol. The third-order valence-corrected chi connectivity index (χ3v) is 4.79. The fourth-order valence-corrected chi connectivity index (χ4v) is 3.26. The molecule has 164 valence electrons. The van der Waals surface area contributed by atoms with Crippen LogP contribution in [0.15, 0.2) is 29.3 Å². The maximum atomic E-state index is 12.9. The number of aliphatic imine (C=N–C) groups is 1. The molecule has 8 heteroatoms. The minimum Gasteiger partial charge on any atom is -0.376 e. The van der Waals surface area contributed by atoms with Gasteiger partial charge in [-0.25, -0.2) is 4.39 Å². The van der Waals surface area contributed by atoms with Crippen LogP contribution in [0.1, 0.15) is 44.1 Å². The quantitative estimate of drug-likeness (QED) is 0.154. The van der Waals surface area contributed by atoms with Gasteiger partial charge in [-0.2, -0.15) is 0 Å². The molecule has 0 aromatic heterocycles. The molecule has 1 fully saturated rings. The Kier molecular flexibility index (Phi) is 13.6. The maximum absolute atomic E-state index is 12.9. The minimum absolute atomic E-state index is 0. The Morgan fingerprint density at radius 1 is 1.03 bits per heavy atom. The van der Waals surface area contributed by atoms with Crippen LogP contribution in [0.4, 0.5) is 4.39 Å². The van der Waals surface area contributed by atoms with Gasteiger partial charge in [0.15, 0.2) is 5.96 Å². The number of ether oxygens (including phenoxy) is 1. The van der Waals surface area contributed by atoms with Crippen molar-refractivity contribution in [3.8, 4) is 0 Å². The van der Waals surface area contributed by atoms with Gasteiger partial charge in [-0.15, -0.1) is 24.0 Å². The first-order valence-corrected chi connectivity index (χ1v) is 10.2. The van der Waals surface area contributed by atoms with E-state index in [0.29, 0.717) is 38.3 Å². The highest BCUT2D eigenvalue weighted by Crippen LogP contribution is 2.19. The zero-order valence-electron chi connectivity index (χ0n) is 17.2. The molecule has 0 spiro atoms. The van der Waals surface area contributed by atoms with Crippen molar-refractivity contribution < 1.29 is 13.9 Å². The van der Waals surface area contributed by atoms with Crippen LogP contribution in [0.3, 0.4) is 0 Å². The Hall–Kier alpha value is -1.42. The number of nitrogens with one attached hydrogen (secondary N) is 3. The van der Waals surface area contributed by atoms with E-state index in [-0.39, 0.29) is 42.1 Å². The van der Waals surface area contributed by atoms with Crippen LogP contribution in [-0.2, 0) is 16.0 Å². The summed E-state index contributed by atoms with van der Waals surface area (Å²) in [5.41, 5.74) is 0.790. The fraction of sp³-hybridized carbons (Fsp3) is 0.619. The average Bonchev–Trinajstić information content (AvgIpc) is 2.97. The van der Waals surface area contributed by atoms with E-state index < -0.39 is 0 Å². The summed E-state index contributed by atoms with van der Waals surface area (Å²) in [5.74, 6) is 0.303. The lowest BCUT2D eigenvalue weighted by atomic mass is 10.1. The lowest BCUT2D eigenvalue weighted by Crippen LogP contribution is -2.42. The number of hydrogen-bond acceptors (Lipinski definition) is 3. The number of nitrogens with zero attached hydrogens (tertiary/aromatic N) is 1. The molecule has 1 saturated carbocycles. The van der Waals surface area contributed by atoms with Gasteiger partial charge in [-0.05, 0) is 30.5 Å². The van der Waals surface area contributed by atoms with Crippen LogP contribution in [-0.4, -0.2) is 51.3 Å². The molecule has 1 aliphatic carbocycles. The molecule has 3 N–H and O–H groups in total. The Morgan fingerprint density at radius 2 is 1.66 bits per heavy atom. The van der Waals surface area contributed by atoms with E-state index >= 15 is 0 Å². The van der Waals surface area contributed by atoms with E-state index in [1.54, 1.807) is 19.2 Å². The smallest absolute Gasteiger partial charge is 0.224 e. The highest BCUT2D eigenvalue weighted by Gasteiger charge is 2.12. The molecule has 0 radical (unpaired) electrons. The number of benzene rings is 1. The third-order valence-electron chi connectivity index (χ3n) is 4.79. The van der Waals surface area contributed by atoms with Crippen molar-refractivity contribution in [2.45, 2.75) is 51.0 Å². The topological polar surface area (TPSA) is 74.8 Å². The number of carbonyl (C=O) groups is 1. The van der Waals surface area contributed by atoms with Crippen molar-refractivity contribution in [1.82, 2.24) is 16.0 Å². The zero-order valence-corrected chi connectivity index (χ0v) is 19.5. The highest BCUT2D eigenvalue weighted by molar-refractivity contribution is 14.0. The second kappa shape index (κ2) is 15.4. The van der Waals surface area contributed by atoms with Crippen LogP contribution in [0.2, 0.25) is 0 Å². The molecule has 0 bridgehead atoms. The molecule has 0 unspecified atom stereocenters. The van der Waals surface area contributed by atoms with Crippen molar-refractivity contribution in [3.05, 3.63) is 35.6 Å². The first kappa shape index (κ1) is 25.6. The molecular formula is C21H34FIN4O2. The molecule has 0 atom stereocenters. The minimum atomic E-state index is -0.299. The van der Waals surface area contributed by atoms with Gasteiger partial charge in [0.25, 0.3) is 0 Å². The Morgan fingerprint density at radius 3 is 2.31 bits per heavy atom. The average molecular weight is 520 g/mol. The first-order valence-electron chi connectivity index (χ1n) is 10.2. The normalized spacial score (nSPS) is 15.2. The van der Waals surface area contributed by atoms with Crippen LogP contribution in [0.25, 0.3) is 0 Å². The van der Waals surface area contributed by atoms with Gasteiger partial charge in [0, 0.05) is 26.7 Å². The lowest BCUT2D eigenvalue weighted by Gasteiger charge is -2.17. The number of amides is 1. The Bertz CT molecular complexity index is 605. The van der Waals surface area contributed by atoms with E-state index in [9.17, 15) is 9.18 Å². The summed E-state index contributed by atoms with van der Waals surface area (Å²) in [6.45, 7) is 2.42. The van der Waals surface area contributed by atoms with Gasteiger partial charge in [-0.3, -0.25) is 9.79 Å². The van der Waals surface area contributed by atoms with Crippen molar-refractivity contribution in [2.75, 3.05) is 33.3 Å². The molecule has 1 amide bonds. The van der Waals surface area contributed by atoms with Gasteiger partial charge in [-0.1, -0.05) is 37.8 Å². The number of halogens is 2. The van der Waals surface area contributed by atoms with E-state index in [2.05, 4.69) is 20.9 Å². The molecule has 2 rings (SSSR count). The largest absolute Gasteiger partial charge is 0.376 e. The van der Waals surface area contributed by atoms with Gasteiger partial charge >= 0.3 is 0 Å². The molecule has 1 aliphatic rings. The maximum Gasteiger partial charge on any atom is 0.224 e. The predicted octanol–water partition coefficient (Wildman–Crippen LogP) is 3.01. The van der Waals surface area contributed by atoms with Crippen LogP contribution in [0, 0.1) is 5.82 Å². The molecule has 0 aliphatic heterocycles. The molecule has 6 nitrogen and oxygen atoms in total. The standard InChI is InChI=1S/C21H33FN4O2.HI/c1-23-21(26-14-15-28-19-6-4-2-3-5-7-19)25-13-12-24-20(27)16-17-8-10-18(22)11-9-17;/h8-11,19H,2-7,12-16H2,1H3,(H,24,27)(H2,23,25,26);1H. The van der Waals surface area contributed by atoms with Crippen molar-refractivity contribution in [1.29, 1.82) is 0 Å². The summed E-state index contributed by atoms with van der Waals surface area (Å²) in [4.78, 5) is 16.1. The van der Waals surface area contributed by atoms with Crippen LogP contribution >= 0.6 is 24.0 Å². The number of rotatable bonds is 9. The van der Waals surface area contributed by atoms with Crippen molar-refractivity contribution >= 4 is 35.8 Å². The summed E-state index contributed by atoms with van der Waals surface area (Å²) >= 11 is 0. The van der Waals surface area contributed by atoms with Gasteiger partial charge in [0.05, 0.1) is 19.1 Å². The van der Waals surface area contributed by atoms with Crippen molar-refractivity contribution in [3.63, 3.8) is 0 Å². The summed E-state index contributed by atoms with van der Waals surface area (Å²) in [6.07, 6.45) is 8.18. The lowest BCUT2D eigenvalue weighted by molar-refractivity contribution is -0.120. The van der Waals surface area contributed by atoms with E-state index in [0.717, 1.165) is 5.56 Å². The monoisotopic (exact) mass is 520 g/mol. The highest BCUT2D eigenvalue weighted by atomic mass is 127. The summed E-state index contributed by atoms with van der Waals surface area (Å²) in [7, 11) is 1.72. The molecule has 0 heterocycles. The number of guanidine groups is 1. The Labute approximate surface area is 190 Å². The number of carbonyl (C=O) groups excluding carboxylic acids is 1.